The minimum atomic E-state index is -0.604. The van der Waals surface area contributed by atoms with Crippen LogP contribution >= 0.6 is 0 Å². The molecule has 40 heavy (non-hydrogen) atoms. The summed E-state index contributed by atoms with van der Waals surface area (Å²) < 4.78 is 32.2. The molecule has 0 unspecified atom stereocenters. The zero-order valence-electron chi connectivity index (χ0n) is 22.6. The Morgan fingerprint density at radius 3 is 1.95 bits per heavy atom. The second-order valence-electron chi connectivity index (χ2n) is 8.27. The molecule has 0 aliphatic rings. The maximum Gasteiger partial charge on any atom is 0.343 e. The topological polar surface area (TPSA) is 114 Å². The summed E-state index contributed by atoms with van der Waals surface area (Å²) in [5, 5.41) is 5.81. The van der Waals surface area contributed by atoms with E-state index >= 15 is 0 Å². The van der Waals surface area contributed by atoms with Crippen molar-refractivity contribution in [3.8, 4) is 34.5 Å². The number of nitrogens with zero attached hydrogens (tertiary/aromatic N) is 1. The number of ether oxygens (including phenoxy) is 6. The van der Waals surface area contributed by atoms with Gasteiger partial charge in [0.25, 0.3) is 5.91 Å². The molecule has 0 bridgehead atoms. The van der Waals surface area contributed by atoms with Crippen molar-refractivity contribution in [1.82, 2.24) is 5.43 Å². The predicted octanol–water partition coefficient (Wildman–Crippen LogP) is 4.87. The molecule has 10 heteroatoms. The van der Waals surface area contributed by atoms with Crippen LogP contribution in [-0.4, -0.2) is 53.6 Å². The lowest BCUT2D eigenvalue weighted by Crippen LogP contribution is -2.18. The lowest BCUT2D eigenvalue weighted by Gasteiger charge is -2.13. The lowest BCUT2D eigenvalue weighted by atomic mass is 10.0. The summed E-state index contributed by atoms with van der Waals surface area (Å²) in [4.78, 5) is 26.0. The lowest BCUT2D eigenvalue weighted by molar-refractivity contribution is 0.0734. The van der Waals surface area contributed by atoms with Crippen molar-refractivity contribution in [2.75, 3.05) is 35.5 Å². The van der Waals surface area contributed by atoms with E-state index in [4.69, 9.17) is 28.4 Å². The number of nitrogens with one attached hydrogen (secondary N) is 1. The Labute approximate surface area is 231 Å². The summed E-state index contributed by atoms with van der Waals surface area (Å²) >= 11 is 0. The molecule has 0 heterocycles. The maximum atomic E-state index is 13.0. The molecule has 4 rings (SSSR count). The highest BCUT2D eigenvalue weighted by Crippen LogP contribution is 2.38. The first-order valence-corrected chi connectivity index (χ1v) is 12.0. The average molecular weight is 545 g/mol. The van der Waals surface area contributed by atoms with Crippen molar-refractivity contribution in [3.63, 3.8) is 0 Å². The van der Waals surface area contributed by atoms with Crippen LogP contribution in [0.1, 0.15) is 26.3 Å². The van der Waals surface area contributed by atoms with Gasteiger partial charge < -0.3 is 28.4 Å². The molecule has 0 fully saturated rings. The van der Waals surface area contributed by atoms with Gasteiger partial charge in [0.15, 0.2) is 23.0 Å². The highest BCUT2D eigenvalue weighted by atomic mass is 16.5. The van der Waals surface area contributed by atoms with E-state index in [2.05, 4.69) is 10.5 Å². The van der Waals surface area contributed by atoms with E-state index in [1.807, 2.05) is 30.3 Å². The first-order valence-electron chi connectivity index (χ1n) is 12.0. The monoisotopic (exact) mass is 544 g/mol. The third-order valence-corrected chi connectivity index (χ3v) is 6.04. The average Bonchev–Trinajstić information content (AvgIpc) is 3.00. The molecular weight excluding hydrogens is 516 g/mol. The minimum absolute atomic E-state index is 0.240. The number of amides is 1. The highest BCUT2D eigenvalue weighted by Gasteiger charge is 2.18. The third-order valence-electron chi connectivity index (χ3n) is 6.04. The van der Waals surface area contributed by atoms with Crippen molar-refractivity contribution < 1.29 is 38.0 Å². The summed E-state index contributed by atoms with van der Waals surface area (Å²) in [6.45, 7) is 0. The molecule has 0 spiro atoms. The normalized spacial score (nSPS) is 10.7. The van der Waals surface area contributed by atoms with Crippen LogP contribution in [0, 0.1) is 0 Å². The van der Waals surface area contributed by atoms with Gasteiger partial charge in [-0.05, 0) is 47.2 Å². The molecule has 0 aromatic heterocycles. The molecule has 0 aliphatic heterocycles. The van der Waals surface area contributed by atoms with E-state index in [1.54, 1.807) is 18.2 Å². The predicted molar refractivity (Wildman–Crippen MR) is 150 cm³/mol. The Morgan fingerprint density at radius 1 is 0.675 bits per heavy atom. The zero-order valence-corrected chi connectivity index (χ0v) is 22.6. The van der Waals surface area contributed by atoms with Crippen molar-refractivity contribution in [3.05, 3.63) is 83.4 Å². The Bertz CT molecular complexity index is 1560. The largest absolute Gasteiger partial charge is 0.493 e. The molecule has 0 aliphatic carbocycles. The van der Waals surface area contributed by atoms with Gasteiger partial charge in [0.05, 0.1) is 47.3 Å². The van der Waals surface area contributed by atoms with Crippen molar-refractivity contribution in [1.29, 1.82) is 0 Å². The summed E-state index contributed by atoms with van der Waals surface area (Å²) in [5.74, 6) is 1.04. The fourth-order valence-corrected chi connectivity index (χ4v) is 4.05. The number of fused-ring (bicyclic) bond motifs is 1. The summed E-state index contributed by atoms with van der Waals surface area (Å²) in [7, 11) is 7.39. The van der Waals surface area contributed by atoms with Gasteiger partial charge in [0.1, 0.15) is 5.75 Å². The van der Waals surface area contributed by atoms with E-state index in [0.717, 1.165) is 10.8 Å². The zero-order chi connectivity index (χ0) is 28.6. The number of carbonyl (C=O) groups is 2. The standard InChI is InChI=1S/C30H28N2O8/c1-35-24-13-11-19(14-25(24)36-2)30(34)40-23-12-10-18-8-6-7-9-21(18)22(23)17-31-32-29(33)20-15-26(37-3)28(39-5)27(16-20)38-4/h6-17H,1-5H3,(H,32,33)/b31-17+. The molecule has 4 aromatic rings. The van der Waals surface area contributed by atoms with E-state index in [9.17, 15) is 9.59 Å². The molecule has 0 atom stereocenters. The number of benzene rings is 4. The Hall–Kier alpha value is -5.25. The quantitative estimate of drug-likeness (QED) is 0.130. The van der Waals surface area contributed by atoms with Gasteiger partial charge in [-0.15, -0.1) is 0 Å². The number of carbonyl (C=O) groups excluding carboxylic acids is 2. The molecular formula is C30H28N2O8. The van der Waals surface area contributed by atoms with Crippen LogP contribution in [0.15, 0.2) is 71.8 Å². The van der Waals surface area contributed by atoms with Crippen molar-refractivity contribution >= 4 is 28.9 Å². The summed E-state index contributed by atoms with van der Waals surface area (Å²) in [6, 6.07) is 18.8. The third kappa shape index (κ3) is 5.75. The van der Waals surface area contributed by atoms with Crippen molar-refractivity contribution in [2.24, 2.45) is 5.10 Å². The number of methoxy groups -OCH3 is 5. The van der Waals surface area contributed by atoms with Gasteiger partial charge in [-0.3, -0.25) is 4.79 Å². The summed E-state index contributed by atoms with van der Waals surface area (Å²) in [5.41, 5.74) is 3.51. The Morgan fingerprint density at radius 2 is 1.30 bits per heavy atom. The van der Waals surface area contributed by atoms with E-state index in [0.29, 0.717) is 34.3 Å². The van der Waals surface area contributed by atoms with E-state index < -0.39 is 11.9 Å². The fraction of sp³-hybridized carbons (Fsp3) is 0.167. The maximum absolute atomic E-state index is 13.0. The number of hydrogen-bond donors (Lipinski definition) is 1. The first kappa shape index (κ1) is 27.8. The smallest absolute Gasteiger partial charge is 0.343 e. The number of hydrogen-bond acceptors (Lipinski definition) is 9. The second-order valence-corrected chi connectivity index (χ2v) is 8.27. The van der Waals surface area contributed by atoms with Crippen LogP contribution in [-0.2, 0) is 0 Å². The molecule has 206 valence electrons. The van der Waals surface area contributed by atoms with E-state index in [1.165, 1.54) is 60.0 Å². The minimum Gasteiger partial charge on any atom is -0.493 e. The van der Waals surface area contributed by atoms with Gasteiger partial charge in [-0.1, -0.05) is 30.3 Å². The number of esters is 1. The SMILES string of the molecule is COc1ccc(C(=O)Oc2ccc3ccccc3c2/C=N/NC(=O)c2cc(OC)c(OC)c(OC)c2)cc1OC. The number of hydrazone groups is 1. The Kier molecular flexibility index (Phi) is 8.70. The van der Waals surface area contributed by atoms with Crippen LogP contribution in [0.5, 0.6) is 34.5 Å². The molecule has 0 saturated heterocycles. The summed E-state index contributed by atoms with van der Waals surface area (Å²) in [6.07, 6.45) is 1.43. The molecule has 4 aromatic carbocycles. The van der Waals surface area contributed by atoms with Crippen LogP contribution < -0.4 is 33.8 Å². The van der Waals surface area contributed by atoms with E-state index in [-0.39, 0.29) is 16.9 Å². The second kappa shape index (κ2) is 12.5. The van der Waals surface area contributed by atoms with Gasteiger partial charge in [0, 0.05) is 11.1 Å². The van der Waals surface area contributed by atoms with Crippen LogP contribution in [0.4, 0.5) is 0 Å². The van der Waals surface area contributed by atoms with Crippen LogP contribution in [0.25, 0.3) is 10.8 Å². The van der Waals surface area contributed by atoms with Crippen LogP contribution in [0.3, 0.4) is 0 Å². The first-order chi connectivity index (χ1) is 19.4. The van der Waals surface area contributed by atoms with Gasteiger partial charge >= 0.3 is 5.97 Å². The molecule has 10 nitrogen and oxygen atoms in total. The highest BCUT2D eigenvalue weighted by molar-refractivity contribution is 6.04. The molecule has 0 radical (unpaired) electrons. The molecule has 1 N–H and O–H groups in total. The fourth-order valence-electron chi connectivity index (χ4n) is 4.05. The number of rotatable bonds is 10. The Balaban J connectivity index is 1.63. The van der Waals surface area contributed by atoms with Gasteiger partial charge in [0.2, 0.25) is 5.75 Å². The molecule has 0 saturated carbocycles. The molecule has 1 amide bonds. The van der Waals surface area contributed by atoms with Crippen LogP contribution in [0.2, 0.25) is 0 Å². The van der Waals surface area contributed by atoms with Gasteiger partial charge in [-0.25, -0.2) is 10.2 Å². The van der Waals surface area contributed by atoms with Gasteiger partial charge in [-0.2, -0.15) is 5.10 Å². The van der Waals surface area contributed by atoms with Crippen molar-refractivity contribution in [2.45, 2.75) is 0 Å².